The zero-order valence-electron chi connectivity index (χ0n) is 20.0. The fourth-order valence-corrected chi connectivity index (χ4v) is 4.19. The number of alkyl halides is 3. The van der Waals surface area contributed by atoms with Gasteiger partial charge in [-0.05, 0) is 42.0 Å². The van der Waals surface area contributed by atoms with E-state index >= 15 is 0 Å². The van der Waals surface area contributed by atoms with Crippen molar-refractivity contribution in [3.63, 3.8) is 0 Å². The first kappa shape index (κ1) is 25.9. The van der Waals surface area contributed by atoms with E-state index in [1.54, 1.807) is 36.5 Å². The number of benzene rings is 3. The van der Waals surface area contributed by atoms with Crippen molar-refractivity contribution in [3.05, 3.63) is 108 Å². The fraction of sp³-hybridized carbons (Fsp3) is 0.0345. The Labute approximate surface area is 225 Å². The molecule has 0 radical (unpaired) electrons. The number of fused-ring (bicyclic) bond motifs is 1. The molecule has 0 atom stereocenters. The maximum Gasteiger partial charge on any atom is 0.418 e. The van der Waals surface area contributed by atoms with E-state index in [1.807, 2.05) is 36.4 Å². The lowest BCUT2D eigenvalue weighted by molar-refractivity contribution is -0.137. The lowest BCUT2D eigenvalue weighted by Gasteiger charge is -2.14. The molecule has 0 aliphatic heterocycles. The van der Waals surface area contributed by atoms with Crippen LogP contribution in [0, 0.1) is 0 Å². The average Bonchev–Trinajstić information content (AvgIpc) is 2.93. The fourth-order valence-electron chi connectivity index (χ4n) is 3.94. The molecule has 0 saturated heterocycles. The molecule has 0 fully saturated rings. The van der Waals surface area contributed by atoms with E-state index in [2.05, 4.69) is 21.9 Å². The van der Waals surface area contributed by atoms with Gasteiger partial charge in [-0.15, -0.1) is 0 Å². The van der Waals surface area contributed by atoms with Crippen LogP contribution in [-0.2, 0) is 11.0 Å². The molecule has 0 aliphatic carbocycles. The van der Waals surface area contributed by atoms with Crippen LogP contribution in [0.25, 0.3) is 33.4 Å². The minimum atomic E-state index is -4.67. The summed E-state index contributed by atoms with van der Waals surface area (Å²) in [4.78, 5) is 24.9. The van der Waals surface area contributed by atoms with Gasteiger partial charge in [0, 0.05) is 29.0 Å². The Morgan fingerprint density at radius 3 is 2.54 bits per heavy atom. The number of rotatable bonds is 6. The normalized spacial score (nSPS) is 11.3. The lowest BCUT2D eigenvalue weighted by Crippen LogP contribution is -2.07. The summed E-state index contributed by atoms with van der Waals surface area (Å²) in [6.45, 7) is 3.47. The highest BCUT2D eigenvalue weighted by Crippen LogP contribution is 2.41. The average molecular weight is 547 g/mol. The number of carbonyl (C=O) groups is 1. The molecular weight excluding hydrogens is 529 g/mol. The van der Waals surface area contributed by atoms with Crippen LogP contribution in [0.4, 0.5) is 18.9 Å². The molecule has 194 valence electrons. The molecule has 6 nitrogen and oxygen atoms in total. The van der Waals surface area contributed by atoms with Gasteiger partial charge in [0.15, 0.2) is 5.82 Å². The monoisotopic (exact) mass is 546 g/mol. The van der Waals surface area contributed by atoms with Gasteiger partial charge < -0.3 is 10.1 Å². The van der Waals surface area contributed by atoms with Gasteiger partial charge in [-0.2, -0.15) is 13.2 Å². The third-order valence-electron chi connectivity index (χ3n) is 5.73. The first-order chi connectivity index (χ1) is 18.7. The molecule has 0 unspecified atom stereocenters. The van der Waals surface area contributed by atoms with Crippen molar-refractivity contribution in [3.8, 4) is 34.1 Å². The minimum absolute atomic E-state index is 0.178. The molecular formula is C29H18ClF3N4O2. The molecule has 0 aliphatic rings. The van der Waals surface area contributed by atoms with Gasteiger partial charge in [0.1, 0.15) is 10.8 Å². The van der Waals surface area contributed by atoms with Crippen molar-refractivity contribution >= 4 is 34.1 Å². The predicted molar refractivity (Wildman–Crippen MR) is 144 cm³/mol. The second-order valence-corrected chi connectivity index (χ2v) is 8.66. The van der Waals surface area contributed by atoms with E-state index in [-0.39, 0.29) is 23.4 Å². The topological polar surface area (TPSA) is 77.0 Å². The number of halogens is 4. The number of carbonyl (C=O) groups excluding carboxylic acids is 1. The van der Waals surface area contributed by atoms with E-state index in [9.17, 15) is 18.0 Å². The van der Waals surface area contributed by atoms with Gasteiger partial charge in [0.2, 0.25) is 11.8 Å². The summed E-state index contributed by atoms with van der Waals surface area (Å²) in [5, 5.41) is 2.86. The first-order valence-corrected chi connectivity index (χ1v) is 11.9. The summed E-state index contributed by atoms with van der Waals surface area (Å²) in [7, 11) is 0. The van der Waals surface area contributed by atoms with Crippen LogP contribution in [0.15, 0.2) is 97.8 Å². The van der Waals surface area contributed by atoms with E-state index in [4.69, 9.17) is 21.3 Å². The number of hydrogen-bond donors (Lipinski definition) is 1. The van der Waals surface area contributed by atoms with Crippen LogP contribution in [0.3, 0.4) is 0 Å². The Morgan fingerprint density at radius 2 is 1.74 bits per heavy atom. The van der Waals surface area contributed by atoms with Gasteiger partial charge in [0.05, 0.1) is 16.6 Å². The van der Waals surface area contributed by atoms with Crippen LogP contribution in [0.5, 0.6) is 11.6 Å². The molecule has 5 aromatic rings. The Bertz CT molecular complexity index is 1720. The highest BCUT2D eigenvalue weighted by molar-refractivity contribution is 6.32. The molecule has 0 spiro atoms. The number of hydrogen-bond acceptors (Lipinski definition) is 5. The summed E-state index contributed by atoms with van der Waals surface area (Å²) in [6, 6.07) is 20.3. The summed E-state index contributed by atoms with van der Waals surface area (Å²) in [6.07, 6.45) is -0.846. The Kier molecular flexibility index (Phi) is 7.00. The highest BCUT2D eigenvalue weighted by Gasteiger charge is 2.35. The molecule has 1 amide bonds. The van der Waals surface area contributed by atoms with Crippen LogP contribution >= 0.6 is 11.6 Å². The quantitative estimate of drug-likeness (QED) is 0.219. The van der Waals surface area contributed by atoms with E-state index in [0.29, 0.717) is 16.8 Å². The third-order valence-corrected chi connectivity index (χ3v) is 6.10. The largest absolute Gasteiger partial charge is 0.437 e. The lowest BCUT2D eigenvalue weighted by atomic mass is 10.0. The number of nitrogens with one attached hydrogen (secondary N) is 1. The van der Waals surface area contributed by atoms with E-state index in [1.165, 1.54) is 6.08 Å². The van der Waals surface area contributed by atoms with Crippen molar-refractivity contribution in [1.82, 2.24) is 15.0 Å². The predicted octanol–water partition coefficient (Wildman–Crippen LogP) is 7.95. The molecule has 0 bridgehead atoms. The van der Waals surface area contributed by atoms with Crippen LogP contribution in [-0.4, -0.2) is 20.9 Å². The Hall–Kier alpha value is -4.76. The molecule has 5 rings (SSSR count). The number of pyridine rings is 1. The number of para-hydroxylation sites is 2. The second kappa shape index (κ2) is 10.5. The summed E-state index contributed by atoms with van der Waals surface area (Å²) in [5.74, 6) is -0.262. The van der Waals surface area contributed by atoms with Crippen molar-refractivity contribution < 1.29 is 22.7 Å². The van der Waals surface area contributed by atoms with Crippen molar-refractivity contribution in [2.24, 2.45) is 0 Å². The van der Waals surface area contributed by atoms with Gasteiger partial charge in [-0.1, -0.05) is 60.6 Å². The Morgan fingerprint density at radius 1 is 0.974 bits per heavy atom. The third kappa shape index (κ3) is 5.44. The number of amides is 1. The van der Waals surface area contributed by atoms with Crippen molar-refractivity contribution in [2.45, 2.75) is 6.18 Å². The molecule has 0 saturated carbocycles. The first-order valence-electron chi connectivity index (χ1n) is 11.5. The zero-order chi connectivity index (χ0) is 27.6. The maximum absolute atomic E-state index is 13.3. The van der Waals surface area contributed by atoms with Crippen molar-refractivity contribution in [1.29, 1.82) is 0 Å². The van der Waals surface area contributed by atoms with Gasteiger partial charge in [0.25, 0.3) is 0 Å². The molecule has 2 aromatic heterocycles. The minimum Gasteiger partial charge on any atom is -0.437 e. The second-order valence-electron chi connectivity index (χ2n) is 8.28. The van der Waals surface area contributed by atoms with E-state index < -0.39 is 16.8 Å². The molecule has 10 heteroatoms. The SMILES string of the molecule is C=CC(=O)Nc1cccc(-c2cccc3cnc(-c4ccccc4Oc4nccc(C(F)(F)F)c4Cl)nc23)c1. The van der Waals surface area contributed by atoms with Gasteiger partial charge in [-0.3, -0.25) is 4.79 Å². The zero-order valence-corrected chi connectivity index (χ0v) is 20.8. The van der Waals surface area contributed by atoms with Crippen LogP contribution in [0.2, 0.25) is 5.02 Å². The number of aromatic nitrogens is 3. The maximum atomic E-state index is 13.3. The summed E-state index contributed by atoms with van der Waals surface area (Å²) >= 11 is 5.99. The highest BCUT2D eigenvalue weighted by atomic mass is 35.5. The number of anilines is 1. The molecule has 2 heterocycles. The van der Waals surface area contributed by atoms with Gasteiger partial charge in [-0.25, -0.2) is 15.0 Å². The standard InChI is InChI=1S/C29H18ClF3N4O2/c1-2-24(38)36-19-9-5-7-17(15-19)20-11-6-8-18-16-35-27(37-26(18)20)21-10-3-4-12-23(21)39-28-25(30)22(13-14-34-28)29(31,32)33/h2-16H,1H2,(H,36,38). The molecule has 3 aromatic carbocycles. The van der Waals surface area contributed by atoms with E-state index in [0.717, 1.165) is 28.8 Å². The summed E-state index contributed by atoms with van der Waals surface area (Å²) in [5.41, 5.74) is 2.18. The van der Waals surface area contributed by atoms with Crippen molar-refractivity contribution in [2.75, 3.05) is 5.32 Å². The molecule has 1 N–H and O–H groups in total. The number of nitrogens with zero attached hydrogens (tertiary/aromatic N) is 3. The molecule has 39 heavy (non-hydrogen) atoms. The Balaban J connectivity index is 1.57. The smallest absolute Gasteiger partial charge is 0.418 e. The summed E-state index contributed by atoms with van der Waals surface area (Å²) < 4.78 is 45.7. The van der Waals surface area contributed by atoms with Crippen LogP contribution < -0.4 is 10.1 Å². The van der Waals surface area contributed by atoms with Gasteiger partial charge >= 0.3 is 6.18 Å². The number of ether oxygens (including phenoxy) is 1. The van der Waals surface area contributed by atoms with Crippen LogP contribution in [0.1, 0.15) is 5.56 Å².